The molecule has 18 heavy (non-hydrogen) atoms. The summed E-state index contributed by atoms with van der Waals surface area (Å²) < 4.78 is 0. The Hall–Kier alpha value is -1.95. The Balaban J connectivity index is 2.67. The number of aromatic carboxylic acids is 1. The van der Waals surface area contributed by atoms with Crippen LogP contribution in [0.25, 0.3) is 0 Å². The maximum absolute atomic E-state index is 11.5. The number of amides is 1. The summed E-state index contributed by atoms with van der Waals surface area (Å²) in [5, 5.41) is 20.7. The SMILES string of the molecule is C=CCSCC(=O)Nc1ccc(O)c(C(=O)O)c1. The zero-order valence-corrected chi connectivity index (χ0v) is 10.4. The van der Waals surface area contributed by atoms with Crippen molar-refractivity contribution in [1.29, 1.82) is 0 Å². The molecule has 0 radical (unpaired) electrons. The minimum absolute atomic E-state index is 0.233. The fraction of sp³-hybridized carbons (Fsp3) is 0.167. The number of anilines is 1. The Morgan fingerprint density at radius 2 is 2.17 bits per heavy atom. The number of benzene rings is 1. The van der Waals surface area contributed by atoms with Gasteiger partial charge in [0.2, 0.25) is 5.91 Å². The fourth-order valence-corrected chi connectivity index (χ4v) is 1.76. The van der Waals surface area contributed by atoms with Crippen molar-refractivity contribution in [3.63, 3.8) is 0 Å². The van der Waals surface area contributed by atoms with Gasteiger partial charge in [0.25, 0.3) is 0 Å². The van der Waals surface area contributed by atoms with Gasteiger partial charge in [-0.05, 0) is 18.2 Å². The van der Waals surface area contributed by atoms with Gasteiger partial charge in [-0.2, -0.15) is 0 Å². The van der Waals surface area contributed by atoms with Crippen molar-refractivity contribution >= 4 is 29.3 Å². The molecule has 1 aromatic rings. The summed E-state index contributed by atoms with van der Waals surface area (Å²) in [4.78, 5) is 22.3. The average Bonchev–Trinajstić information content (AvgIpc) is 2.31. The van der Waals surface area contributed by atoms with E-state index in [1.165, 1.54) is 30.0 Å². The molecule has 0 saturated carbocycles. The molecule has 0 spiro atoms. The predicted octanol–water partition coefficient (Wildman–Crippen LogP) is 1.95. The van der Waals surface area contributed by atoms with Crippen LogP contribution in [0.3, 0.4) is 0 Å². The molecule has 0 atom stereocenters. The fourth-order valence-electron chi connectivity index (χ4n) is 1.22. The van der Waals surface area contributed by atoms with Gasteiger partial charge in [-0.15, -0.1) is 18.3 Å². The van der Waals surface area contributed by atoms with Crippen molar-refractivity contribution in [2.24, 2.45) is 0 Å². The van der Waals surface area contributed by atoms with Gasteiger partial charge in [-0.1, -0.05) is 6.08 Å². The number of hydrogen-bond acceptors (Lipinski definition) is 4. The number of nitrogens with one attached hydrogen (secondary N) is 1. The van der Waals surface area contributed by atoms with Crippen LogP contribution >= 0.6 is 11.8 Å². The molecule has 1 amide bonds. The van der Waals surface area contributed by atoms with E-state index in [1.807, 2.05) is 0 Å². The average molecular weight is 267 g/mol. The van der Waals surface area contributed by atoms with Gasteiger partial charge in [0.05, 0.1) is 5.75 Å². The number of thioether (sulfide) groups is 1. The van der Waals surface area contributed by atoms with Gasteiger partial charge < -0.3 is 15.5 Å². The molecule has 5 nitrogen and oxygen atoms in total. The smallest absolute Gasteiger partial charge is 0.339 e. The molecule has 0 bridgehead atoms. The Labute approximate surface area is 109 Å². The van der Waals surface area contributed by atoms with Crippen LogP contribution in [-0.2, 0) is 4.79 Å². The van der Waals surface area contributed by atoms with Gasteiger partial charge >= 0.3 is 5.97 Å². The lowest BCUT2D eigenvalue weighted by atomic mass is 10.2. The van der Waals surface area contributed by atoms with Crippen LogP contribution in [0.2, 0.25) is 0 Å². The van der Waals surface area contributed by atoms with Gasteiger partial charge in [-0.3, -0.25) is 4.79 Å². The highest BCUT2D eigenvalue weighted by Crippen LogP contribution is 2.21. The number of hydrogen-bond donors (Lipinski definition) is 3. The van der Waals surface area contributed by atoms with Gasteiger partial charge in [0.15, 0.2) is 0 Å². The third kappa shape index (κ3) is 4.14. The zero-order chi connectivity index (χ0) is 13.5. The van der Waals surface area contributed by atoms with Crippen molar-refractivity contribution in [2.75, 3.05) is 16.8 Å². The first-order valence-electron chi connectivity index (χ1n) is 5.09. The zero-order valence-electron chi connectivity index (χ0n) is 9.55. The first kappa shape index (κ1) is 14.1. The second-order valence-electron chi connectivity index (χ2n) is 3.39. The van der Waals surface area contributed by atoms with Gasteiger partial charge in [0.1, 0.15) is 11.3 Å². The first-order valence-corrected chi connectivity index (χ1v) is 6.25. The molecule has 0 aliphatic rings. The molecule has 3 N–H and O–H groups in total. The molecular weight excluding hydrogens is 254 g/mol. The number of carboxylic acid groups (broad SMARTS) is 1. The van der Waals surface area contributed by atoms with Crippen molar-refractivity contribution in [1.82, 2.24) is 0 Å². The normalized spacial score (nSPS) is 9.78. The van der Waals surface area contributed by atoms with E-state index in [9.17, 15) is 14.7 Å². The van der Waals surface area contributed by atoms with E-state index < -0.39 is 5.97 Å². The maximum atomic E-state index is 11.5. The lowest BCUT2D eigenvalue weighted by Crippen LogP contribution is -2.14. The summed E-state index contributed by atoms with van der Waals surface area (Å²) in [5.74, 6) is -0.881. The number of rotatable bonds is 6. The largest absolute Gasteiger partial charge is 0.507 e. The molecule has 0 fully saturated rings. The Bertz CT molecular complexity index is 473. The van der Waals surface area contributed by atoms with E-state index in [1.54, 1.807) is 6.08 Å². The lowest BCUT2D eigenvalue weighted by molar-refractivity contribution is -0.113. The van der Waals surface area contributed by atoms with Crippen molar-refractivity contribution < 1.29 is 19.8 Å². The highest BCUT2D eigenvalue weighted by molar-refractivity contribution is 8.00. The van der Waals surface area contributed by atoms with E-state index in [2.05, 4.69) is 11.9 Å². The summed E-state index contributed by atoms with van der Waals surface area (Å²) in [6, 6.07) is 3.89. The Morgan fingerprint density at radius 3 is 2.78 bits per heavy atom. The summed E-state index contributed by atoms with van der Waals surface area (Å²) in [7, 11) is 0. The minimum Gasteiger partial charge on any atom is -0.507 e. The number of phenols is 1. The minimum atomic E-state index is -1.25. The molecule has 96 valence electrons. The summed E-state index contributed by atoms with van der Waals surface area (Å²) in [6.45, 7) is 3.54. The van der Waals surface area contributed by atoms with Crippen LogP contribution in [0.15, 0.2) is 30.9 Å². The molecule has 0 aliphatic heterocycles. The second-order valence-corrected chi connectivity index (χ2v) is 4.42. The van der Waals surface area contributed by atoms with E-state index in [4.69, 9.17) is 5.11 Å². The number of carbonyl (C=O) groups excluding carboxylic acids is 1. The molecule has 1 rings (SSSR count). The van der Waals surface area contributed by atoms with E-state index in [-0.39, 0.29) is 23.0 Å². The van der Waals surface area contributed by atoms with Crippen LogP contribution in [0.4, 0.5) is 5.69 Å². The summed E-state index contributed by atoms with van der Waals surface area (Å²) >= 11 is 1.40. The van der Waals surface area contributed by atoms with E-state index >= 15 is 0 Å². The number of carbonyl (C=O) groups is 2. The highest BCUT2D eigenvalue weighted by Gasteiger charge is 2.11. The second kappa shape index (κ2) is 6.70. The standard InChI is InChI=1S/C12H13NO4S/c1-2-5-18-7-11(15)13-8-3-4-10(14)9(6-8)12(16)17/h2-4,6,14H,1,5,7H2,(H,13,15)(H,16,17). The quantitative estimate of drug-likeness (QED) is 0.416. The Morgan fingerprint density at radius 1 is 1.44 bits per heavy atom. The molecule has 0 aliphatic carbocycles. The van der Waals surface area contributed by atoms with Gasteiger partial charge in [-0.25, -0.2) is 4.79 Å². The molecule has 0 heterocycles. The first-order chi connectivity index (χ1) is 8.54. The predicted molar refractivity (Wildman–Crippen MR) is 71.2 cm³/mol. The topological polar surface area (TPSA) is 86.6 Å². The van der Waals surface area contributed by atoms with E-state index in [0.717, 1.165) is 0 Å². The molecule has 1 aromatic carbocycles. The maximum Gasteiger partial charge on any atom is 0.339 e. The summed E-state index contributed by atoms with van der Waals surface area (Å²) in [6.07, 6.45) is 1.70. The highest BCUT2D eigenvalue weighted by atomic mass is 32.2. The Kier molecular flexibility index (Phi) is 5.26. The van der Waals surface area contributed by atoms with Crippen molar-refractivity contribution in [3.8, 4) is 5.75 Å². The molecule has 0 aromatic heterocycles. The molecular formula is C12H13NO4S. The van der Waals surface area contributed by atoms with Crippen LogP contribution < -0.4 is 5.32 Å². The third-order valence-corrected chi connectivity index (χ3v) is 2.92. The summed E-state index contributed by atoms with van der Waals surface area (Å²) in [5.41, 5.74) is 0.0981. The lowest BCUT2D eigenvalue weighted by Gasteiger charge is -2.06. The molecule has 6 heteroatoms. The van der Waals surface area contributed by atoms with Crippen LogP contribution in [0.5, 0.6) is 5.75 Å². The van der Waals surface area contributed by atoms with Gasteiger partial charge in [0, 0.05) is 11.4 Å². The van der Waals surface area contributed by atoms with Crippen LogP contribution in [-0.4, -0.2) is 33.6 Å². The van der Waals surface area contributed by atoms with Crippen molar-refractivity contribution in [3.05, 3.63) is 36.4 Å². The number of aromatic hydroxyl groups is 1. The molecule has 0 unspecified atom stereocenters. The van der Waals surface area contributed by atoms with Crippen molar-refractivity contribution in [2.45, 2.75) is 0 Å². The van der Waals surface area contributed by atoms with Crippen LogP contribution in [0, 0.1) is 0 Å². The monoisotopic (exact) mass is 267 g/mol. The third-order valence-electron chi connectivity index (χ3n) is 1.98. The van der Waals surface area contributed by atoms with E-state index in [0.29, 0.717) is 11.4 Å². The van der Waals surface area contributed by atoms with Crippen LogP contribution in [0.1, 0.15) is 10.4 Å². The molecule has 0 saturated heterocycles. The number of carboxylic acids is 1.